The molecule has 29 heavy (non-hydrogen) atoms. The van der Waals surface area contributed by atoms with Gasteiger partial charge in [-0.25, -0.2) is 4.68 Å². The molecule has 1 N–H and O–H groups in total. The van der Waals surface area contributed by atoms with Crippen LogP contribution in [-0.2, 0) is 11.2 Å². The van der Waals surface area contributed by atoms with Crippen LogP contribution in [-0.4, -0.2) is 32.7 Å². The van der Waals surface area contributed by atoms with E-state index in [1.165, 1.54) is 50.5 Å². The maximum Gasteiger partial charge on any atom is 0.224 e. The highest BCUT2D eigenvalue weighted by Crippen LogP contribution is 2.28. The zero-order valence-corrected chi connectivity index (χ0v) is 17.7. The SMILES string of the molecule is CCCCCOc1ccc2c(c1)CCC(=O)N2.Cc1nnnn1C1CCCCC1. The molecule has 1 amide bonds. The number of carbonyl (C=O) groups is 1. The Morgan fingerprint density at radius 3 is 2.72 bits per heavy atom. The van der Waals surface area contributed by atoms with Gasteiger partial charge < -0.3 is 10.1 Å². The third kappa shape index (κ3) is 6.27. The van der Waals surface area contributed by atoms with Gasteiger partial charge in [0, 0.05) is 12.1 Å². The molecule has 0 atom stereocenters. The first kappa shape index (κ1) is 21.3. The number of amides is 1. The lowest BCUT2D eigenvalue weighted by molar-refractivity contribution is -0.116. The van der Waals surface area contributed by atoms with E-state index in [0.29, 0.717) is 12.5 Å². The van der Waals surface area contributed by atoms with Crippen LogP contribution in [0, 0.1) is 6.92 Å². The summed E-state index contributed by atoms with van der Waals surface area (Å²) in [6.45, 7) is 4.93. The van der Waals surface area contributed by atoms with Gasteiger partial charge in [0.1, 0.15) is 11.6 Å². The predicted molar refractivity (Wildman–Crippen MR) is 113 cm³/mol. The van der Waals surface area contributed by atoms with Crippen molar-refractivity contribution in [2.45, 2.75) is 84.1 Å². The van der Waals surface area contributed by atoms with Crippen LogP contribution >= 0.6 is 0 Å². The van der Waals surface area contributed by atoms with Crippen molar-refractivity contribution in [1.29, 1.82) is 0 Å². The van der Waals surface area contributed by atoms with Crippen LogP contribution in [0.1, 0.15) is 82.1 Å². The molecule has 2 aromatic rings. The highest BCUT2D eigenvalue weighted by molar-refractivity contribution is 5.93. The van der Waals surface area contributed by atoms with Crippen molar-refractivity contribution >= 4 is 11.6 Å². The molecule has 0 spiro atoms. The molecule has 1 aliphatic carbocycles. The lowest BCUT2D eigenvalue weighted by Gasteiger charge is -2.21. The molecule has 1 aromatic carbocycles. The molecule has 1 fully saturated rings. The van der Waals surface area contributed by atoms with E-state index in [4.69, 9.17) is 4.74 Å². The van der Waals surface area contributed by atoms with Gasteiger partial charge in [0.05, 0.1) is 12.6 Å². The Morgan fingerprint density at radius 1 is 1.17 bits per heavy atom. The monoisotopic (exact) mass is 399 g/mol. The van der Waals surface area contributed by atoms with Crippen LogP contribution < -0.4 is 10.1 Å². The van der Waals surface area contributed by atoms with Crippen LogP contribution in [0.2, 0.25) is 0 Å². The van der Waals surface area contributed by atoms with E-state index in [1.54, 1.807) is 0 Å². The summed E-state index contributed by atoms with van der Waals surface area (Å²) >= 11 is 0. The molecule has 4 rings (SSSR count). The number of hydrogen-bond acceptors (Lipinski definition) is 5. The first-order valence-corrected chi connectivity index (χ1v) is 11.0. The zero-order valence-electron chi connectivity index (χ0n) is 17.7. The Bertz CT molecular complexity index is 783. The molecule has 158 valence electrons. The number of aryl methyl sites for hydroxylation is 2. The Kier molecular flexibility index (Phi) is 8.02. The summed E-state index contributed by atoms with van der Waals surface area (Å²) in [7, 11) is 0. The Morgan fingerprint density at radius 2 is 2.00 bits per heavy atom. The van der Waals surface area contributed by atoms with Gasteiger partial charge in [-0.1, -0.05) is 39.0 Å². The van der Waals surface area contributed by atoms with Crippen LogP contribution in [0.4, 0.5) is 5.69 Å². The minimum atomic E-state index is 0.106. The first-order valence-electron chi connectivity index (χ1n) is 11.0. The molecule has 0 radical (unpaired) electrons. The molecule has 1 saturated carbocycles. The third-order valence-electron chi connectivity index (χ3n) is 5.57. The van der Waals surface area contributed by atoms with Crippen molar-refractivity contribution < 1.29 is 9.53 Å². The quantitative estimate of drug-likeness (QED) is 0.716. The number of rotatable bonds is 6. The fourth-order valence-corrected chi connectivity index (χ4v) is 3.89. The van der Waals surface area contributed by atoms with Crippen molar-refractivity contribution in [3.05, 3.63) is 29.6 Å². The predicted octanol–water partition coefficient (Wildman–Crippen LogP) is 4.63. The molecule has 1 aromatic heterocycles. The highest BCUT2D eigenvalue weighted by Gasteiger charge is 2.17. The summed E-state index contributed by atoms with van der Waals surface area (Å²) in [5.74, 6) is 1.96. The summed E-state index contributed by atoms with van der Waals surface area (Å²) in [5, 5.41) is 14.4. The number of hydrogen-bond donors (Lipinski definition) is 1. The maximum absolute atomic E-state index is 11.2. The molecule has 0 saturated heterocycles. The molecule has 7 heteroatoms. The third-order valence-corrected chi connectivity index (χ3v) is 5.57. The number of carbonyl (C=O) groups excluding carboxylic acids is 1. The van der Waals surface area contributed by atoms with E-state index in [0.717, 1.165) is 36.7 Å². The minimum absolute atomic E-state index is 0.106. The van der Waals surface area contributed by atoms with Gasteiger partial charge in [-0.05, 0) is 66.8 Å². The molecule has 2 aliphatic rings. The summed E-state index contributed by atoms with van der Waals surface area (Å²) in [5.41, 5.74) is 2.11. The van der Waals surface area contributed by atoms with Gasteiger partial charge in [0.2, 0.25) is 5.91 Å². The summed E-state index contributed by atoms with van der Waals surface area (Å²) in [4.78, 5) is 11.2. The van der Waals surface area contributed by atoms with Crippen molar-refractivity contribution in [2.75, 3.05) is 11.9 Å². The van der Waals surface area contributed by atoms with E-state index in [-0.39, 0.29) is 5.91 Å². The lowest BCUT2D eigenvalue weighted by Crippen LogP contribution is -2.18. The van der Waals surface area contributed by atoms with Crippen LogP contribution in [0.5, 0.6) is 5.75 Å². The van der Waals surface area contributed by atoms with E-state index in [1.807, 2.05) is 29.8 Å². The van der Waals surface area contributed by atoms with Crippen molar-refractivity contribution in [1.82, 2.24) is 20.2 Å². The number of fused-ring (bicyclic) bond motifs is 1. The molecule has 0 bridgehead atoms. The number of nitrogens with zero attached hydrogens (tertiary/aromatic N) is 4. The topological polar surface area (TPSA) is 81.9 Å². The van der Waals surface area contributed by atoms with Gasteiger partial charge in [0.15, 0.2) is 0 Å². The molecular weight excluding hydrogens is 366 g/mol. The summed E-state index contributed by atoms with van der Waals surface area (Å²) < 4.78 is 7.66. The summed E-state index contributed by atoms with van der Waals surface area (Å²) in [6.07, 6.45) is 11.4. The van der Waals surface area contributed by atoms with Gasteiger partial charge in [-0.2, -0.15) is 0 Å². The Labute approximate surface area is 173 Å². The number of anilines is 1. The van der Waals surface area contributed by atoms with E-state index >= 15 is 0 Å². The largest absolute Gasteiger partial charge is 0.494 e. The number of tetrazole rings is 1. The van der Waals surface area contributed by atoms with Gasteiger partial charge in [-0.3, -0.25) is 4.79 Å². The molecule has 2 heterocycles. The number of unbranched alkanes of at least 4 members (excludes halogenated alkanes) is 2. The Balaban J connectivity index is 0.000000176. The van der Waals surface area contributed by atoms with E-state index < -0.39 is 0 Å². The molecule has 0 unspecified atom stereocenters. The van der Waals surface area contributed by atoms with E-state index in [9.17, 15) is 4.79 Å². The number of nitrogens with one attached hydrogen (secondary N) is 1. The highest BCUT2D eigenvalue weighted by atomic mass is 16.5. The number of benzene rings is 1. The van der Waals surface area contributed by atoms with Crippen LogP contribution in [0.15, 0.2) is 18.2 Å². The molecule has 7 nitrogen and oxygen atoms in total. The van der Waals surface area contributed by atoms with Crippen molar-refractivity contribution in [2.24, 2.45) is 0 Å². The second-order valence-electron chi connectivity index (χ2n) is 7.89. The fraction of sp³-hybridized carbons (Fsp3) is 0.636. The van der Waals surface area contributed by atoms with Gasteiger partial charge in [-0.15, -0.1) is 5.10 Å². The van der Waals surface area contributed by atoms with Crippen molar-refractivity contribution in [3.63, 3.8) is 0 Å². The number of ether oxygens (including phenoxy) is 1. The second kappa shape index (κ2) is 10.9. The molecular formula is C22H33N5O2. The normalized spacial score (nSPS) is 16.4. The Hall–Kier alpha value is -2.44. The summed E-state index contributed by atoms with van der Waals surface area (Å²) in [6, 6.07) is 6.47. The van der Waals surface area contributed by atoms with Crippen LogP contribution in [0.25, 0.3) is 0 Å². The zero-order chi connectivity index (χ0) is 20.5. The van der Waals surface area contributed by atoms with Crippen LogP contribution in [0.3, 0.4) is 0 Å². The second-order valence-corrected chi connectivity index (χ2v) is 7.89. The van der Waals surface area contributed by atoms with Crippen molar-refractivity contribution in [3.8, 4) is 5.75 Å². The lowest BCUT2D eigenvalue weighted by atomic mass is 9.96. The smallest absolute Gasteiger partial charge is 0.224 e. The minimum Gasteiger partial charge on any atom is -0.494 e. The first-order chi connectivity index (χ1) is 14.2. The van der Waals surface area contributed by atoms with Gasteiger partial charge >= 0.3 is 0 Å². The number of aromatic nitrogens is 4. The maximum atomic E-state index is 11.2. The average molecular weight is 400 g/mol. The fourth-order valence-electron chi connectivity index (χ4n) is 3.89. The average Bonchev–Trinajstić information content (AvgIpc) is 3.18. The molecule has 1 aliphatic heterocycles. The standard InChI is InChI=1S/C14H19NO2.C8H14N4/c1-2-3-4-9-17-12-6-7-13-11(10-12)5-8-14(16)15-13;1-7-9-10-11-12(7)8-5-3-2-4-6-8/h6-7,10H,2-5,8-9H2,1H3,(H,15,16);8H,2-6H2,1H3. The van der Waals surface area contributed by atoms with Gasteiger partial charge in [0.25, 0.3) is 0 Å². The van der Waals surface area contributed by atoms with E-state index in [2.05, 4.69) is 27.8 Å².